The molecule has 0 radical (unpaired) electrons. The molecule has 3 nitrogen and oxygen atoms in total. The highest BCUT2D eigenvalue weighted by Gasteiger charge is 2.32. The molecule has 1 saturated carbocycles. The average Bonchev–Trinajstić information content (AvgIpc) is 3.00. The van der Waals surface area contributed by atoms with Crippen LogP contribution in [0.5, 0.6) is 0 Å². The van der Waals surface area contributed by atoms with Gasteiger partial charge >= 0.3 is 0 Å². The lowest BCUT2D eigenvalue weighted by molar-refractivity contribution is 0.204. The molecule has 3 heteroatoms. The van der Waals surface area contributed by atoms with Gasteiger partial charge in [-0.3, -0.25) is 4.68 Å². The van der Waals surface area contributed by atoms with E-state index in [-0.39, 0.29) is 0 Å². The molecule has 1 aliphatic carbocycles. The van der Waals surface area contributed by atoms with E-state index in [0.717, 1.165) is 19.0 Å². The van der Waals surface area contributed by atoms with E-state index >= 15 is 0 Å². The monoisotopic (exact) mass is 235 g/mol. The SMILES string of the molecule is CC(C)C(C)(CNC1CC1)Cc1ccn(C)n1. The Morgan fingerprint density at radius 1 is 1.53 bits per heavy atom. The maximum absolute atomic E-state index is 4.51. The molecule has 1 atom stereocenters. The number of hydrogen-bond acceptors (Lipinski definition) is 2. The molecular weight excluding hydrogens is 210 g/mol. The second kappa shape index (κ2) is 4.81. The summed E-state index contributed by atoms with van der Waals surface area (Å²) in [6, 6.07) is 2.93. The first-order chi connectivity index (χ1) is 7.99. The third-order valence-corrected chi connectivity index (χ3v) is 4.12. The van der Waals surface area contributed by atoms with Gasteiger partial charge in [0, 0.05) is 25.8 Å². The van der Waals surface area contributed by atoms with Gasteiger partial charge in [0.25, 0.3) is 0 Å². The zero-order chi connectivity index (χ0) is 12.5. The molecule has 1 fully saturated rings. The van der Waals surface area contributed by atoms with Crippen molar-refractivity contribution in [3.8, 4) is 0 Å². The third kappa shape index (κ3) is 3.32. The number of hydrogen-bond donors (Lipinski definition) is 1. The molecular formula is C14H25N3. The summed E-state index contributed by atoms with van der Waals surface area (Å²) in [4.78, 5) is 0. The quantitative estimate of drug-likeness (QED) is 0.820. The summed E-state index contributed by atoms with van der Waals surface area (Å²) in [6.45, 7) is 8.11. The van der Waals surface area contributed by atoms with Crippen LogP contribution in [-0.2, 0) is 13.5 Å². The topological polar surface area (TPSA) is 29.9 Å². The molecule has 0 aliphatic heterocycles. The van der Waals surface area contributed by atoms with Crippen molar-refractivity contribution in [2.45, 2.75) is 46.1 Å². The molecule has 0 aromatic carbocycles. The van der Waals surface area contributed by atoms with E-state index in [2.05, 4.69) is 37.3 Å². The van der Waals surface area contributed by atoms with Gasteiger partial charge in [0.1, 0.15) is 0 Å². The summed E-state index contributed by atoms with van der Waals surface area (Å²) in [5, 5.41) is 8.18. The highest BCUT2D eigenvalue weighted by Crippen LogP contribution is 2.31. The Morgan fingerprint density at radius 2 is 2.24 bits per heavy atom. The lowest BCUT2D eigenvalue weighted by Gasteiger charge is -2.33. The summed E-state index contributed by atoms with van der Waals surface area (Å²) in [5.41, 5.74) is 1.51. The molecule has 1 heterocycles. The van der Waals surface area contributed by atoms with Crippen molar-refractivity contribution in [3.63, 3.8) is 0 Å². The molecule has 0 saturated heterocycles. The Hall–Kier alpha value is -0.830. The fraction of sp³-hybridized carbons (Fsp3) is 0.786. The molecule has 1 aliphatic rings. The minimum atomic E-state index is 0.303. The molecule has 2 rings (SSSR count). The standard InChI is InChI=1S/C14H25N3/c1-11(2)14(3,10-15-12-5-6-12)9-13-7-8-17(4)16-13/h7-8,11-12,15H,5-6,9-10H2,1-4H3. The van der Waals surface area contributed by atoms with E-state index in [9.17, 15) is 0 Å². The number of aryl methyl sites for hydroxylation is 1. The van der Waals surface area contributed by atoms with E-state index in [1.807, 2.05) is 17.9 Å². The largest absolute Gasteiger partial charge is 0.313 e. The Balaban J connectivity index is 1.98. The number of aromatic nitrogens is 2. The lowest BCUT2D eigenvalue weighted by atomic mass is 9.75. The highest BCUT2D eigenvalue weighted by molar-refractivity contribution is 5.04. The van der Waals surface area contributed by atoms with Crippen LogP contribution in [0.3, 0.4) is 0 Å². The minimum absolute atomic E-state index is 0.303. The van der Waals surface area contributed by atoms with Crippen LogP contribution < -0.4 is 5.32 Å². The predicted octanol–water partition coefficient (Wildman–Crippen LogP) is 2.38. The smallest absolute Gasteiger partial charge is 0.0630 e. The molecule has 1 aromatic rings. The van der Waals surface area contributed by atoms with Crippen LogP contribution in [-0.4, -0.2) is 22.4 Å². The zero-order valence-corrected chi connectivity index (χ0v) is 11.5. The fourth-order valence-electron chi connectivity index (χ4n) is 2.11. The number of nitrogens with zero attached hydrogens (tertiary/aromatic N) is 2. The molecule has 1 N–H and O–H groups in total. The summed E-state index contributed by atoms with van der Waals surface area (Å²) >= 11 is 0. The lowest BCUT2D eigenvalue weighted by Crippen LogP contribution is -2.39. The Bertz CT molecular complexity index is 365. The maximum atomic E-state index is 4.51. The second-order valence-corrected chi connectivity index (χ2v) is 6.12. The van der Waals surface area contributed by atoms with Crippen molar-refractivity contribution in [2.75, 3.05) is 6.54 Å². The molecule has 17 heavy (non-hydrogen) atoms. The summed E-state index contributed by atoms with van der Waals surface area (Å²) in [6.07, 6.45) is 5.81. The van der Waals surface area contributed by atoms with Gasteiger partial charge in [0.2, 0.25) is 0 Å². The Kier molecular flexibility index (Phi) is 3.57. The van der Waals surface area contributed by atoms with E-state index in [1.165, 1.54) is 18.5 Å². The number of rotatable bonds is 6. The van der Waals surface area contributed by atoms with Gasteiger partial charge < -0.3 is 5.32 Å². The van der Waals surface area contributed by atoms with Gasteiger partial charge in [0.05, 0.1) is 5.69 Å². The predicted molar refractivity (Wildman–Crippen MR) is 70.9 cm³/mol. The maximum Gasteiger partial charge on any atom is 0.0630 e. The van der Waals surface area contributed by atoms with Crippen molar-refractivity contribution in [3.05, 3.63) is 18.0 Å². The molecule has 1 aromatic heterocycles. The first kappa shape index (κ1) is 12.6. The minimum Gasteiger partial charge on any atom is -0.313 e. The van der Waals surface area contributed by atoms with E-state index < -0.39 is 0 Å². The van der Waals surface area contributed by atoms with Gasteiger partial charge in [-0.25, -0.2) is 0 Å². The van der Waals surface area contributed by atoms with Gasteiger partial charge in [0.15, 0.2) is 0 Å². The van der Waals surface area contributed by atoms with Gasteiger partial charge in [-0.15, -0.1) is 0 Å². The van der Waals surface area contributed by atoms with Gasteiger partial charge in [-0.2, -0.15) is 5.10 Å². The van der Waals surface area contributed by atoms with Crippen LogP contribution in [0, 0.1) is 11.3 Å². The van der Waals surface area contributed by atoms with Crippen LogP contribution in [0.4, 0.5) is 0 Å². The second-order valence-electron chi connectivity index (χ2n) is 6.12. The van der Waals surface area contributed by atoms with Crippen molar-refractivity contribution in [1.82, 2.24) is 15.1 Å². The van der Waals surface area contributed by atoms with Crippen LogP contribution in [0.25, 0.3) is 0 Å². The van der Waals surface area contributed by atoms with Crippen LogP contribution in [0.2, 0.25) is 0 Å². The molecule has 0 amide bonds. The van der Waals surface area contributed by atoms with Crippen LogP contribution in [0.15, 0.2) is 12.3 Å². The molecule has 0 bridgehead atoms. The van der Waals surface area contributed by atoms with Crippen molar-refractivity contribution < 1.29 is 0 Å². The third-order valence-electron chi connectivity index (χ3n) is 4.12. The van der Waals surface area contributed by atoms with Gasteiger partial charge in [-0.1, -0.05) is 20.8 Å². The van der Waals surface area contributed by atoms with E-state index in [4.69, 9.17) is 0 Å². The molecule has 96 valence electrons. The fourth-order valence-corrected chi connectivity index (χ4v) is 2.11. The Morgan fingerprint density at radius 3 is 2.71 bits per heavy atom. The van der Waals surface area contributed by atoms with E-state index in [0.29, 0.717) is 11.3 Å². The molecule has 0 spiro atoms. The number of nitrogens with one attached hydrogen (secondary N) is 1. The van der Waals surface area contributed by atoms with Crippen molar-refractivity contribution >= 4 is 0 Å². The van der Waals surface area contributed by atoms with Crippen LogP contribution >= 0.6 is 0 Å². The van der Waals surface area contributed by atoms with Gasteiger partial charge in [-0.05, 0) is 36.7 Å². The van der Waals surface area contributed by atoms with Crippen LogP contribution in [0.1, 0.15) is 39.3 Å². The summed E-state index contributed by atoms with van der Waals surface area (Å²) < 4.78 is 1.89. The zero-order valence-electron chi connectivity index (χ0n) is 11.5. The first-order valence-electron chi connectivity index (χ1n) is 6.71. The van der Waals surface area contributed by atoms with Crippen molar-refractivity contribution in [2.24, 2.45) is 18.4 Å². The average molecular weight is 235 g/mol. The summed E-state index contributed by atoms with van der Waals surface area (Å²) in [7, 11) is 1.98. The van der Waals surface area contributed by atoms with E-state index in [1.54, 1.807) is 0 Å². The first-order valence-corrected chi connectivity index (χ1v) is 6.71. The normalized spacial score (nSPS) is 19.6. The Labute approximate surface area is 105 Å². The molecule has 1 unspecified atom stereocenters. The summed E-state index contributed by atoms with van der Waals surface area (Å²) in [5.74, 6) is 0.663. The highest BCUT2D eigenvalue weighted by atomic mass is 15.2. The van der Waals surface area contributed by atoms with Crippen molar-refractivity contribution in [1.29, 1.82) is 0 Å².